The first-order valence-electron chi connectivity index (χ1n) is 9.27. The van der Waals surface area contributed by atoms with E-state index >= 15 is 0 Å². The summed E-state index contributed by atoms with van der Waals surface area (Å²) in [5.41, 5.74) is 1.95. The molecule has 0 saturated carbocycles. The van der Waals surface area contributed by atoms with Crippen LogP contribution >= 0.6 is 0 Å². The molecule has 0 bridgehead atoms. The minimum absolute atomic E-state index is 0.117. The van der Waals surface area contributed by atoms with Crippen LogP contribution in [0.4, 0.5) is 0 Å². The van der Waals surface area contributed by atoms with Gasteiger partial charge < -0.3 is 28.8 Å². The van der Waals surface area contributed by atoms with Gasteiger partial charge in [-0.15, -0.1) is 0 Å². The summed E-state index contributed by atoms with van der Waals surface area (Å²) in [7, 11) is 6.34. The molecule has 3 rings (SSSR count). The van der Waals surface area contributed by atoms with E-state index in [-0.39, 0.29) is 29.8 Å². The van der Waals surface area contributed by atoms with E-state index in [9.17, 15) is 5.11 Å². The second kappa shape index (κ2) is 8.19. The lowest BCUT2D eigenvalue weighted by molar-refractivity contribution is 0.0286. The molecule has 1 fully saturated rings. The highest BCUT2D eigenvalue weighted by atomic mass is 16.5. The van der Waals surface area contributed by atoms with E-state index in [1.165, 1.54) is 0 Å². The van der Waals surface area contributed by atoms with Crippen molar-refractivity contribution in [1.82, 2.24) is 0 Å². The van der Waals surface area contributed by atoms with Gasteiger partial charge >= 0.3 is 0 Å². The van der Waals surface area contributed by atoms with Gasteiger partial charge in [0.05, 0.1) is 40.6 Å². The minimum Gasteiger partial charge on any atom is -0.504 e. The Morgan fingerprint density at radius 2 is 1.21 bits per heavy atom. The van der Waals surface area contributed by atoms with E-state index in [4.69, 9.17) is 23.7 Å². The lowest BCUT2D eigenvalue weighted by atomic mass is 9.85. The van der Waals surface area contributed by atoms with Gasteiger partial charge in [0.15, 0.2) is 23.0 Å². The van der Waals surface area contributed by atoms with Crippen molar-refractivity contribution in [2.24, 2.45) is 11.8 Å². The fourth-order valence-electron chi connectivity index (χ4n) is 3.86. The Bertz CT molecular complexity index is 809. The van der Waals surface area contributed by atoms with Crippen LogP contribution < -0.4 is 18.9 Å². The number of phenolic OH excluding ortho intramolecular Hbond substituents is 1. The van der Waals surface area contributed by atoms with Crippen LogP contribution in [0.1, 0.15) is 37.2 Å². The van der Waals surface area contributed by atoms with Crippen LogP contribution in [-0.2, 0) is 4.74 Å². The van der Waals surface area contributed by atoms with Crippen LogP contribution in [0.2, 0.25) is 0 Å². The van der Waals surface area contributed by atoms with Gasteiger partial charge in [-0.3, -0.25) is 0 Å². The third-order valence-corrected chi connectivity index (χ3v) is 5.63. The normalized spacial score (nSPS) is 24.1. The first-order chi connectivity index (χ1) is 13.4. The zero-order valence-corrected chi connectivity index (χ0v) is 17.2. The van der Waals surface area contributed by atoms with Crippen LogP contribution in [0.3, 0.4) is 0 Å². The third kappa shape index (κ3) is 3.44. The molecule has 28 heavy (non-hydrogen) atoms. The van der Waals surface area contributed by atoms with Gasteiger partial charge in [-0.25, -0.2) is 0 Å². The molecule has 1 N–H and O–H groups in total. The number of aromatic hydroxyl groups is 1. The van der Waals surface area contributed by atoms with Crippen molar-refractivity contribution in [1.29, 1.82) is 0 Å². The van der Waals surface area contributed by atoms with Gasteiger partial charge in [0.25, 0.3) is 0 Å². The SMILES string of the molecule is COc1cc([C@@H]2O[C@H](c3cc(OC)c(OC)c(OC)c3)[C@@H](C)[C@@H]2C)ccc1O. The molecule has 0 aromatic heterocycles. The Labute approximate surface area is 165 Å². The van der Waals surface area contributed by atoms with Gasteiger partial charge in [-0.2, -0.15) is 0 Å². The molecule has 1 saturated heterocycles. The second-order valence-electron chi connectivity index (χ2n) is 7.09. The van der Waals surface area contributed by atoms with Gasteiger partial charge in [-0.1, -0.05) is 19.9 Å². The van der Waals surface area contributed by atoms with E-state index in [0.717, 1.165) is 11.1 Å². The fourth-order valence-corrected chi connectivity index (χ4v) is 3.86. The van der Waals surface area contributed by atoms with E-state index < -0.39 is 0 Å². The molecule has 0 spiro atoms. The molecule has 6 heteroatoms. The number of hydrogen-bond donors (Lipinski definition) is 1. The predicted molar refractivity (Wildman–Crippen MR) is 106 cm³/mol. The van der Waals surface area contributed by atoms with E-state index in [0.29, 0.717) is 23.0 Å². The number of phenols is 1. The van der Waals surface area contributed by atoms with Crippen molar-refractivity contribution >= 4 is 0 Å². The van der Waals surface area contributed by atoms with Gasteiger partial charge in [0.1, 0.15) is 0 Å². The number of benzene rings is 2. The fraction of sp³-hybridized carbons (Fsp3) is 0.455. The lowest BCUT2D eigenvalue weighted by Crippen LogP contribution is -2.10. The molecule has 0 radical (unpaired) electrons. The lowest BCUT2D eigenvalue weighted by Gasteiger charge is -2.20. The standard InChI is InChI=1S/C22H28O6/c1-12-13(2)21(15-10-18(25-4)22(27-6)19(11-15)26-5)28-20(12)14-7-8-16(23)17(9-14)24-3/h7-13,20-21,23H,1-6H3/t12-,13-,20+,21-/m0/s1. The van der Waals surface area contributed by atoms with Crippen LogP contribution in [-0.4, -0.2) is 33.5 Å². The van der Waals surface area contributed by atoms with Crippen LogP contribution in [0, 0.1) is 11.8 Å². The highest BCUT2D eigenvalue weighted by Crippen LogP contribution is 2.51. The maximum Gasteiger partial charge on any atom is 0.203 e. The smallest absolute Gasteiger partial charge is 0.203 e. The summed E-state index contributed by atoms with van der Waals surface area (Å²) in [5, 5.41) is 9.88. The molecule has 4 atom stereocenters. The molecule has 2 aromatic rings. The first-order valence-corrected chi connectivity index (χ1v) is 9.27. The average Bonchev–Trinajstić information content (AvgIpc) is 3.02. The Morgan fingerprint density at radius 1 is 0.714 bits per heavy atom. The number of rotatable bonds is 6. The molecule has 1 heterocycles. The predicted octanol–water partition coefficient (Wildman–Crippen LogP) is 4.51. The summed E-state index contributed by atoms with van der Waals surface area (Å²) < 4.78 is 28.1. The van der Waals surface area contributed by atoms with Gasteiger partial charge in [-0.05, 0) is 47.2 Å². The summed E-state index contributed by atoms with van der Waals surface area (Å²) in [6, 6.07) is 9.23. The highest BCUT2D eigenvalue weighted by molar-refractivity contribution is 5.54. The largest absolute Gasteiger partial charge is 0.504 e. The van der Waals surface area contributed by atoms with Crippen molar-refractivity contribution < 1.29 is 28.8 Å². The van der Waals surface area contributed by atoms with Crippen LogP contribution in [0.5, 0.6) is 28.7 Å². The van der Waals surface area contributed by atoms with Crippen molar-refractivity contribution in [3.8, 4) is 28.7 Å². The Kier molecular flexibility index (Phi) is 5.89. The Balaban J connectivity index is 1.97. The minimum atomic E-state index is -0.131. The number of hydrogen-bond acceptors (Lipinski definition) is 6. The molecular formula is C22H28O6. The summed E-state index contributed by atoms with van der Waals surface area (Å²) >= 11 is 0. The molecule has 6 nitrogen and oxygen atoms in total. The quantitative estimate of drug-likeness (QED) is 0.785. The van der Waals surface area contributed by atoms with Crippen molar-refractivity contribution in [3.63, 3.8) is 0 Å². The Morgan fingerprint density at radius 3 is 1.71 bits per heavy atom. The molecule has 1 aliphatic rings. The van der Waals surface area contributed by atoms with Gasteiger partial charge in [0.2, 0.25) is 5.75 Å². The highest BCUT2D eigenvalue weighted by Gasteiger charge is 2.41. The molecule has 0 unspecified atom stereocenters. The molecule has 2 aromatic carbocycles. The number of methoxy groups -OCH3 is 4. The third-order valence-electron chi connectivity index (χ3n) is 5.63. The maximum absolute atomic E-state index is 9.88. The monoisotopic (exact) mass is 388 g/mol. The topological polar surface area (TPSA) is 66.4 Å². The summed E-state index contributed by atoms with van der Waals surface area (Å²) in [5.74, 6) is 2.85. The van der Waals surface area contributed by atoms with Crippen LogP contribution in [0.15, 0.2) is 30.3 Å². The summed E-state index contributed by atoms with van der Waals surface area (Å²) in [6.07, 6.45) is -0.248. The Hall–Kier alpha value is -2.60. The summed E-state index contributed by atoms with van der Waals surface area (Å²) in [4.78, 5) is 0. The molecule has 1 aliphatic heterocycles. The van der Waals surface area contributed by atoms with Crippen molar-refractivity contribution in [2.45, 2.75) is 26.1 Å². The molecular weight excluding hydrogens is 360 g/mol. The van der Waals surface area contributed by atoms with Crippen molar-refractivity contribution in [3.05, 3.63) is 41.5 Å². The van der Waals surface area contributed by atoms with Gasteiger partial charge in [0, 0.05) is 0 Å². The second-order valence-corrected chi connectivity index (χ2v) is 7.09. The van der Waals surface area contributed by atoms with E-state index in [1.807, 2.05) is 24.3 Å². The van der Waals surface area contributed by atoms with E-state index in [1.54, 1.807) is 34.5 Å². The maximum atomic E-state index is 9.88. The molecule has 0 amide bonds. The van der Waals surface area contributed by atoms with Crippen LogP contribution in [0.25, 0.3) is 0 Å². The molecule has 0 aliphatic carbocycles. The summed E-state index contributed by atoms with van der Waals surface area (Å²) in [6.45, 7) is 4.35. The molecule has 152 valence electrons. The zero-order valence-electron chi connectivity index (χ0n) is 17.2. The average molecular weight is 388 g/mol. The number of ether oxygens (including phenoxy) is 5. The zero-order chi connectivity index (χ0) is 20.4. The van der Waals surface area contributed by atoms with Crippen molar-refractivity contribution in [2.75, 3.05) is 28.4 Å². The first kappa shape index (κ1) is 20.1. The van der Waals surface area contributed by atoms with E-state index in [2.05, 4.69) is 13.8 Å².